The molecule has 1 unspecified atom stereocenters. The van der Waals surface area contributed by atoms with Gasteiger partial charge in [-0.05, 0) is 27.2 Å². The quantitative estimate of drug-likeness (QED) is 0.723. The average Bonchev–Trinajstić information content (AvgIpc) is 2.10. The molecule has 1 N–H and O–H groups in total. The van der Waals surface area contributed by atoms with E-state index in [9.17, 15) is 8.42 Å². The van der Waals surface area contributed by atoms with E-state index in [0.717, 1.165) is 6.42 Å². The SMILES string of the molecule is C#CC(CC)NCCS(=O)(=O)C(C)(C)C. The minimum absolute atomic E-state index is 0.0276. The van der Waals surface area contributed by atoms with Crippen LogP contribution in [0.15, 0.2) is 0 Å². The molecule has 4 heteroatoms. The van der Waals surface area contributed by atoms with Gasteiger partial charge in [-0.25, -0.2) is 8.42 Å². The van der Waals surface area contributed by atoms with E-state index in [2.05, 4.69) is 11.2 Å². The van der Waals surface area contributed by atoms with Crippen molar-refractivity contribution in [3.63, 3.8) is 0 Å². The van der Waals surface area contributed by atoms with E-state index in [1.54, 1.807) is 20.8 Å². The average molecular weight is 231 g/mol. The first-order chi connectivity index (χ1) is 6.74. The highest BCUT2D eigenvalue weighted by Crippen LogP contribution is 2.15. The second-order valence-corrected chi connectivity index (χ2v) is 7.38. The van der Waals surface area contributed by atoms with E-state index < -0.39 is 14.6 Å². The van der Waals surface area contributed by atoms with Crippen LogP contribution in [0.4, 0.5) is 0 Å². The molecule has 0 aliphatic rings. The summed E-state index contributed by atoms with van der Waals surface area (Å²) >= 11 is 0. The van der Waals surface area contributed by atoms with Gasteiger partial charge in [0.05, 0.1) is 16.5 Å². The summed E-state index contributed by atoms with van der Waals surface area (Å²) in [4.78, 5) is 0. The van der Waals surface area contributed by atoms with Crippen LogP contribution in [0.25, 0.3) is 0 Å². The third-order valence-electron chi connectivity index (χ3n) is 2.30. The van der Waals surface area contributed by atoms with E-state index >= 15 is 0 Å². The summed E-state index contributed by atoms with van der Waals surface area (Å²) in [6.45, 7) is 7.51. The van der Waals surface area contributed by atoms with Crippen molar-refractivity contribution in [2.75, 3.05) is 12.3 Å². The van der Waals surface area contributed by atoms with Crippen LogP contribution >= 0.6 is 0 Å². The number of sulfone groups is 1. The molecule has 0 aliphatic heterocycles. The molecule has 0 amide bonds. The number of hydrogen-bond acceptors (Lipinski definition) is 3. The molecule has 88 valence electrons. The van der Waals surface area contributed by atoms with Crippen molar-refractivity contribution in [1.29, 1.82) is 0 Å². The highest BCUT2D eigenvalue weighted by Gasteiger charge is 2.28. The first-order valence-corrected chi connectivity index (χ1v) is 6.81. The topological polar surface area (TPSA) is 46.2 Å². The molecular formula is C11H21NO2S. The molecule has 0 saturated heterocycles. The van der Waals surface area contributed by atoms with Crippen molar-refractivity contribution in [2.24, 2.45) is 0 Å². The summed E-state index contributed by atoms with van der Waals surface area (Å²) in [5, 5.41) is 3.03. The van der Waals surface area contributed by atoms with Crippen molar-refractivity contribution in [1.82, 2.24) is 5.32 Å². The zero-order chi connectivity index (χ0) is 12.1. The molecule has 3 nitrogen and oxygen atoms in total. The van der Waals surface area contributed by atoms with Crippen LogP contribution in [0.2, 0.25) is 0 Å². The van der Waals surface area contributed by atoms with Crippen molar-refractivity contribution in [3.8, 4) is 12.3 Å². The van der Waals surface area contributed by atoms with E-state index in [1.807, 2.05) is 6.92 Å². The summed E-state index contributed by atoms with van der Waals surface area (Å²) in [5.74, 6) is 2.70. The predicted molar refractivity (Wildman–Crippen MR) is 64.5 cm³/mol. The third-order valence-corrected chi connectivity index (χ3v) is 4.91. The molecule has 0 heterocycles. The second kappa shape index (κ2) is 5.53. The lowest BCUT2D eigenvalue weighted by Gasteiger charge is -2.20. The van der Waals surface area contributed by atoms with Gasteiger partial charge < -0.3 is 5.32 Å². The fourth-order valence-electron chi connectivity index (χ4n) is 0.995. The standard InChI is InChI=1S/C11H21NO2S/c1-6-10(7-2)12-8-9-15(13,14)11(3,4)5/h1,10,12H,7-9H2,2-5H3. The van der Waals surface area contributed by atoms with Crippen LogP contribution in [0, 0.1) is 12.3 Å². The van der Waals surface area contributed by atoms with Gasteiger partial charge in [0.15, 0.2) is 9.84 Å². The van der Waals surface area contributed by atoms with Crippen LogP contribution in [0.1, 0.15) is 34.1 Å². The molecule has 0 fully saturated rings. The summed E-state index contributed by atoms with van der Waals surface area (Å²) in [6, 6.07) is -0.0276. The Hall–Kier alpha value is -0.530. The maximum atomic E-state index is 11.7. The van der Waals surface area contributed by atoms with Gasteiger partial charge >= 0.3 is 0 Å². The molecule has 0 aliphatic carbocycles. The molecule has 0 aromatic carbocycles. The number of terminal acetylenes is 1. The van der Waals surface area contributed by atoms with Crippen LogP contribution in [-0.2, 0) is 9.84 Å². The van der Waals surface area contributed by atoms with Gasteiger partial charge in [-0.1, -0.05) is 12.8 Å². The molecule has 0 radical (unpaired) electrons. The Morgan fingerprint density at radius 3 is 2.27 bits per heavy atom. The Balaban J connectivity index is 4.15. The lowest BCUT2D eigenvalue weighted by molar-refractivity contribution is 0.550. The van der Waals surface area contributed by atoms with E-state index in [1.165, 1.54) is 0 Å². The van der Waals surface area contributed by atoms with Crippen LogP contribution < -0.4 is 5.32 Å². The molecule has 15 heavy (non-hydrogen) atoms. The Bertz CT molecular complexity index is 319. The Kier molecular flexibility index (Phi) is 5.33. The van der Waals surface area contributed by atoms with Gasteiger partial charge in [0, 0.05) is 6.54 Å². The fourth-order valence-corrected chi connectivity index (χ4v) is 1.99. The smallest absolute Gasteiger partial charge is 0.156 e. The van der Waals surface area contributed by atoms with Crippen molar-refractivity contribution >= 4 is 9.84 Å². The molecule has 0 aromatic rings. The van der Waals surface area contributed by atoms with Crippen molar-refractivity contribution in [3.05, 3.63) is 0 Å². The summed E-state index contributed by atoms with van der Waals surface area (Å²) in [5.41, 5.74) is 0. The third kappa shape index (κ3) is 4.67. The summed E-state index contributed by atoms with van der Waals surface area (Å²) in [7, 11) is -3.04. The van der Waals surface area contributed by atoms with Gasteiger partial charge in [0.2, 0.25) is 0 Å². The van der Waals surface area contributed by atoms with Gasteiger partial charge in [0.1, 0.15) is 0 Å². The molecule has 0 bridgehead atoms. The summed E-state index contributed by atoms with van der Waals surface area (Å²) in [6.07, 6.45) is 6.07. The normalized spacial score (nSPS) is 14.6. The Labute approximate surface area is 93.6 Å². The number of rotatable bonds is 5. The minimum Gasteiger partial charge on any atom is -0.303 e. The van der Waals surface area contributed by atoms with E-state index in [-0.39, 0.29) is 11.8 Å². The highest BCUT2D eigenvalue weighted by atomic mass is 32.2. The molecule has 0 rings (SSSR count). The molecule has 0 saturated carbocycles. The van der Waals surface area contributed by atoms with Crippen LogP contribution in [0.3, 0.4) is 0 Å². The number of nitrogens with one attached hydrogen (secondary N) is 1. The predicted octanol–water partition coefficient (Wildman–Crippen LogP) is 1.20. The van der Waals surface area contributed by atoms with E-state index in [4.69, 9.17) is 6.42 Å². The molecular weight excluding hydrogens is 210 g/mol. The Morgan fingerprint density at radius 1 is 1.40 bits per heavy atom. The molecule has 0 spiro atoms. The van der Waals surface area contributed by atoms with Gasteiger partial charge in [-0.15, -0.1) is 6.42 Å². The minimum atomic E-state index is -3.04. The van der Waals surface area contributed by atoms with Crippen LogP contribution in [0.5, 0.6) is 0 Å². The van der Waals surface area contributed by atoms with Crippen LogP contribution in [-0.4, -0.2) is 31.5 Å². The lowest BCUT2D eigenvalue weighted by Crippen LogP contribution is -2.37. The molecule has 0 aromatic heterocycles. The maximum absolute atomic E-state index is 11.7. The summed E-state index contributed by atoms with van der Waals surface area (Å²) < 4.78 is 22.7. The lowest BCUT2D eigenvalue weighted by atomic mass is 10.2. The maximum Gasteiger partial charge on any atom is 0.156 e. The second-order valence-electron chi connectivity index (χ2n) is 4.51. The zero-order valence-corrected chi connectivity index (χ0v) is 10.8. The molecule has 1 atom stereocenters. The van der Waals surface area contributed by atoms with E-state index in [0.29, 0.717) is 6.54 Å². The zero-order valence-electron chi connectivity index (χ0n) is 10.0. The van der Waals surface area contributed by atoms with Crippen molar-refractivity contribution in [2.45, 2.75) is 44.9 Å². The fraction of sp³-hybridized carbons (Fsp3) is 0.818. The number of hydrogen-bond donors (Lipinski definition) is 1. The first-order valence-electron chi connectivity index (χ1n) is 5.16. The largest absolute Gasteiger partial charge is 0.303 e. The monoisotopic (exact) mass is 231 g/mol. The van der Waals surface area contributed by atoms with Crippen molar-refractivity contribution < 1.29 is 8.42 Å². The van der Waals surface area contributed by atoms with Gasteiger partial charge in [0.25, 0.3) is 0 Å². The Morgan fingerprint density at radius 2 is 1.93 bits per heavy atom. The highest BCUT2D eigenvalue weighted by molar-refractivity contribution is 7.92. The van der Waals surface area contributed by atoms with Gasteiger partial charge in [-0.2, -0.15) is 0 Å². The van der Waals surface area contributed by atoms with Gasteiger partial charge in [-0.3, -0.25) is 0 Å². The first kappa shape index (κ1) is 14.5.